The zero-order valence-electron chi connectivity index (χ0n) is 24.2. The predicted molar refractivity (Wildman–Crippen MR) is 181 cm³/mol. The summed E-state index contributed by atoms with van der Waals surface area (Å²) in [6.45, 7) is 4.27. The van der Waals surface area contributed by atoms with Gasteiger partial charge in [-0.25, -0.2) is 0 Å². The quantitative estimate of drug-likeness (QED) is 0.193. The van der Waals surface area contributed by atoms with Crippen LogP contribution in [0.2, 0.25) is 0 Å². The molecule has 0 aromatic heterocycles. The van der Waals surface area contributed by atoms with E-state index in [-0.39, 0.29) is 0 Å². The standard InChI is InChI=1S/C21H18.C21H16/c2*1-15-10-12-16(13-11-15)21-19-8-4-2-6-17(19)14-18-7-3-5-9-20(18)21/h2-14,17,19H,1H3;2-14H,1H3. The third kappa shape index (κ3) is 4.91. The van der Waals surface area contributed by atoms with Gasteiger partial charge in [-0.05, 0) is 74.2 Å². The van der Waals surface area contributed by atoms with Crippen molar-refractivity contribution in [2.45, 2.75) is 13.8 Å². The predicted octanol–water partition coefficient (Wildman–Crippen LogP) is 9.31. The third-order valence-corrected chi connectivity index (χ3v) is 8.61. The highest BCUT2D eigenvalue weighted by Crippen LogP contribution is 2.36. The molecule has 8 rings (SSSR count). The zero-order chi connectivity index (χ0) is 28.5. The van der Waals surface area contributed by atoms with E-state index in [1.54, 1.807) is 0 Å². The monoisotopic (exact) mass is 538 g/mol. The minimum absolute atomic E-state index is 0.451. The van der Waals surface area contributed by atoms with Crippen LogP contribution in [0.4, 0.5) is 0 Å². The molecule has 2 aliphatic rings. The molecule has 0 radical (unpaired) electrons. The Balaban J connectivity index is 0.000000137. The normalized spacial score (nSPS) is 16.8. The van der Waals surface area contributed by atoms with Crippen molar-refractivity contribution in [3.05, 3.63) is 179 Å². The summed E-state index contributed by atoms with van der Waals surface area (Å²) in [6.07, 6.45) is 11.4. The molecule has 6 aromatic carbocycles. The van der Waals surface area contributed by atoms with E-state index in [9.17, 15) is 0 Å². The van der Waals surface area contributed by atoms with Crippen LogP contribution < -0.4 is 10.4 Å². The minimum Gasteiger partial charge on any atom is -0.0767 e. The van der Waals surface area contributed by atoms with Gasteiger partial charge in [0.15, 0.2) is 0 Å². The highest BCUT2D eigenvalue weighted by atomic mass is 14.3. The van der Waals surface area contributed by atoms with Crippen LogP contribution in [0.25, 0.3) is 44.3 Å². The molecule has 0 bridgehead atoms. The van der Waals surface area contributed by atoms with Gasteiger partial charge in [0.2, 0.25) is 0 Å². The number of fused-ring (bicyclic) bond motifs is 4. The zero-order valence-corrected chi connectivity index (χ0v) is 24.2. The molecule has 2 atom stereocenters. The number of aryl methyl sites for hydroxylation is 2. The van der Waals surface area contributed by atoms with Crippen LogP contribution in [0.15, 0.2) is 152 Å². The molecule has 0 nitrogen and oxygen atoms in total. The van der Waals surface area contributed by atoms with Crippen LogP contribution in [0, 0.1) is 25.7 Å². The minimum atomic E-state index is 0.451. The van der Waals surface area contributed by atoms with Crippen LogP contribution >= 0.6 is 0 Å². The van der Waals surface area contributed by atoms with E-state index >= 15 is 0 Å². The second-order valence-corrected chi connectivity index (χ2v) is 11.5. The van der Waals surface area contributed by atoms with Gasteiger partial charge in [-0.1, -0.05) is 163 Å². The van der Waals surface area contributed by atoms with Crippen molar-refractivity contribution in [2.24, 2.45) is 11.8 Å². The van der Waals surface area contributed by atoms with Crippen LogP contribution in [0.5, 0.6) is 0 Å². The summed E-state index contributed by atoms with van der Waals surface area (Å²) in [7, 11) is 0. The van der Waals surface area contributed by atoms with Crippen molar-refractivity contribution >= 4 is 33.2 Å². The first-order valence-corrected chi connectivity index (χ1v) is 14.9. The maximum atomic E-state index is 2.40. The van der Waals surface area contributed by atoms with Crippen molar-refractivity contribution in [1.29, 1.82) is 0 Å². The van der Waals surface area contributed by atoms with E-state index in [1.807, 2.05) is 0 Å². The van der Waals surface area contributed by atoms with Gasteiger partial charge in [-0.2, -0.15) is 0 Å². The van der Waals surface area contributed by atoms with Gasteiger partial charge in [-0.3, -0.25) is 0 Å². The molecule has 0 N–H and O–H groups in total. The fraction of sp³-hybridized carbons (Fsp3) is 0.0952. The third-order valence-electron chi connectivity index (χ3n) is 8.61. The molecule has 42 heavy (non-hydrogen) atoms. The van der Waals surface area contributed by atoms with E-state index in [0.29, 0.717) is 11.8 Å². The number of allylic oxidation sites excluding steroid dienone is 4. The summed E-state index contributed by atoms with van der Waals surface area (Å²) in [5, 5.41) is 7.97. The fourth-order valence-electron chi connectivity index (χ4n) is 6.47. The molecule has 0 saturated carbocycles. The molecule has 0 heterocycles. The number of hydrogen-bond donors (Lipinski definition) is 0. The highest BCUT2D eigenvalue weighted by molar-refractivity contribution is 6.12. The van der Waals surface area contributed by atoms with Crippen molar-refractivity contribution in [1.82, 2.24) is 0 Å². The number of benzene rings is 6. The first-order valence-electron chi connectivity index (χ1n) is 14.9. The molecule has 0 fully saturated rings. The lowest BCUT2D eigenvalue weighted by molar-refractivity contribution is 0.704. The largest absolute Gasteiger partial charge is 0.0767 e. The SMILES string of the molecule is Cc1ccc(-c2c3ccccc3cc3ccccc23)cc1.Cc1ccc(C2=c3ccccc3=CC3C=CC=CC23)cc1. The Morgan fingerprint density at radius 1 is 0.500 bits per heavy atom. The average Bonchev–Trinajstić information content (AvgIpc) is 3.04. The smallest absolute Gasteiger partial charge is 0.0131 e. The lowest BCUT2D eigenvalue weighted by Crippen LogP contribution is -2.36. The molecule has 0 aliphatic heterocycles. The van der Waals surface area contributed by atoms with Crippen molar-refractivity contribution in [3.8, 4) is 11.1 Å². The number of rotatable bonds is 2. The first-order chi connectivity index (χ1) is 20.7. The van der Waals surface area contributed by atoms with E-state index < -0.39 is 0 Å². The summed E-state index contributed by atoms with van der Waals surface area (Å²) in [6, 6.07) is 46.1. The van der Waals surface area contributed by atoms with Crippen LogP contribution in [-0.2, 0) is 0 Å². The van der Waals surface area contributed by atoms with Gasteiger partial charge in [0.1, 0.15) is 0 Å². The molecule has 0 heteroatoms. The molecule has 0 amide bonds. The molecule has 0 spiro atoms. The topological polar surface area (TPSA) is 0 Å². The molecular weight excluding hydrogens is 504 g/mol. The lowest BCUT2D eigenvalue weighted by Gasteiger charge is -2.28. The second kappa shape index (κ2) is 11.1. The highest BCUT2D eigenvalue weighted by Gasteiger charge is 2.25. The average molecular weight is 539 g/mol. The summed E-state index contributed by atoms with van der Waals surface area (Å²) < 4.78 is 0. The summed E-state index contributed by atoms with van der Waals surface area (Å²) in [5.41, 5.74) is 8.03. The first kappa shape index (κ1) is 26.0. The van der Waals surface area contributed by atoms with E-state index in [4.69, 9.17) is 0 Å². The van der Waals surface area contributed by atoms with Gasteiger partial charge in [0.05, 0.1) is 0 Å². The molecule has 2 aliphatic carbocycles. The Morgan fingerprint density at radius 2 is 1.05 bits per heavy atom. The van der Waals surface area contributed by atoms with Gasteiger partial charge in [0.25, 0.3) is 0 Å². The van der Waals surface area contributed by atoms with Crippen LogP contribution in [0.1, 0.15) is 16.7 Å². The molecule has 6 aromatic rings. The summed E-state index contributed by atoms with van der Waals surface area (Å²) >= 11 is 0. The van der Waals surface area contributed by atoms with Gasteiger partial charge >= 0.3 is 0 Å². The maximum Gasteiger partial charge on any atom is 0.0131 e. The Morgan fingerprint density at radius 3 is 1.71 bits per heavy atom. The van der Waals surface area contributed by atoms with E-state index in [0.717, 1.165) is 0 Å². The Labute approximate surface area is 248 Å². The Hall–Kier alpha value is -4.94. The maximum absolute atomic E-state index is 2.40. The lowest BCUT2D eigenvalue weighted by atomic mass is 9.75. The van der Waals surface area contributed by atoms with Gasteiger partial charge in [-0.15, -0.1) is 0 Å². The molecular formula is C42H34. The van der Waals surface area contributed by atoms with Crippen LogP contribution in [-0.4, -0.2) is 0 Å². The van der Waals surface area contributed by atoms with E-state index in [1.165, 1.54) is 65.4 Å². The fourth-order valence-corrected chi connectivity index (χ4v) is 6.47. The van der Waals surface area contributed by atoms with Crippen molar-refractivity contribution in [3.63, 3.8) is 0 Å². The second-order valence-electron chi connectivity index (χ2n) is 11.5. The van der Waals surface area contributed by atoms with Gasteiger partial charge < -0.3 is 0 Å². The molecule has 0 saturated heterocycles. The van der Waals surface area contributed by atoms with E-state index in [2.05, 4.69) is 172 Å². The van der Waals surface area contributed by atoms with Gasteiger partial charge in [0, 0.05) is 11.8 Å². The molecule has 202 valence electrons. The Kier molecular flexibility index (Phi) is 6.90. The van der Waals surface area contributed by atoms with Crippen LogP contribution in [0.3, 0.4) is 0 Å². The summed E-state index contributed by atoms with van der Waals surface area (Å²) in [4.78, 5) is 0. The van der Waals surface area contributed by atoms with Crippen molar-refractivity contribution in [2.75, 3.05) is 0 Å². The summed E-state index contributed by atoms with van der Waals surface area (Å²) in [5.74, 6) is 0.925. The Bertz CT molecular complexity index is 2030. The number of hydrogen-bond acceptors (Lipinski definition) is 0. The van der Waals surface area contributed by atoms with Crippen molar-refractivity contribution < 1.29 is 0 Å². The molecule has 2 unspecified atom stereocenters.